The van der Waals surface area contributed by atoms with Gasteiger partial charge in [-0.1, -0.05) is 18.2 Å². The Bertz CT molecular complexity index is 1170. The van der Waals surface area contributed by atoms with Crippen LogP contribution in [0.5, 0.6) is 0 Å². The van der Waals surface area contributed by atoms with Crippen molar-refractivity contribution in [1.29, 1.82) is 0 Å². The van der Waals surface area contributed by atoms with Gasteiger partial charge in [0.25, 0.3) is 21.6 Å². The number of sulfonamides is 1. The number of benzene rings is 3. The molecule has 0 aromatic heterocycles. The number of nitrogens with zero attached hydrogens (tertiary/aromatic N) is 1. The van der Waals surface area contributed by atoms with Crippen LogP contribution < -0.4 is 10.0 Å². The smallest absolute Gasteiger partial charge is 0.270 e. The van der Waals surface area contributed by atoms with Gasteiger partial charge < -0.3 is 5.32 Å². The van der Waals surface area contributed by atoms with Gasteiger partial charge in [0, 0.05) is 29.1 Å². The van der Waals surface area contributed by atoms with Crippen molar-refractivity contribution in [1.82, 2.24) is 0 Å². The normalized spacial score (nSPS) is 10.9. The molecule has 0 unspecified atom stereocenters. The van der Waals surface area contributed by atoms with Crippen LogP contribution in [0.2, 0.25) is 0 Å². The van der Waals surface area contributed by atoms with E-state index in [1.54, 1.807) is 18.2 Å². The number of aryl methyl sites for hydroxylation is 1. The average molecular weight is 411 g/mol. The van der Waals surface area contributed by atoms with Gasteiger partial charge in [-0.15, -0.1) is 0 Å². The Labute approximate surface area is 167 Å². The van der Waals surface area contributed by atoms with Gasteiger partial charge in [-0.2, -0.15) is 0 Å². The van der Waals surface area contributed by atoms with Gasteiger partial charge in [-0.3, -0.25) is 19.6 Å². The van der Waals surface area contributed by atoms with Gasteiger partial charge in [0.2, 0.25) is 0 Å². The van der Waals surface area contributed by atoms with Crippen molar-refractivity contribution in [3.05, 3.63) is 94.0 Å². The minimum absolute atomic E-state index is 0.0346. The highest BCUT2D eigenvalue weighted by Gasteiger charge is 2.15. The number of nitro groups is 1. The number of carbonyl (C=O) groups excluding carboxylic acids is 1. The molecule has 0 aliphatic heterocycles. The van der Waals surface area contributed by atoms with E-state index in [9.17, 15) is 23.3 Å². The number of nitro benzene ring substituents is 1. The molecule has 3 aromatic rings. The van der Waals surface area contributed by atoms with Gasteiger partial charge in [0.15, 0.2) is 0 Å². The standard InChI is InChI=1S/C20H17N3O5S/c1-14-4-2-6-17(12-14)22-29(27,28)19-10-8-16(9-11-19)21-20(24)15-5-3-7-18(13-15)23(25)26/h2-13,22H,1H3,(H,21,24). The zero-order valence-electron chi connectivity index (χ0n) is 15.3. The zero-order valence-corrected chi connectivity index (χ0v) is 16.1. The summed E-state index contributed by atoms with van der Waals surface area (Å²) in [4.78, 5) is 22.6. The van der Waals surface area contributed by atoms with E-state index in [2.05, 4.69) is 10.0 Å². The maximum absolute atomic E-state index is 12.5. The Balaban J connectivity index is 1.73. The second-order valence-electron chi connectivity index (χ2n) is 6.26. The van der Waals surface area contributed by atoms with Crippen molar-refractivity contribution in [2.45, 2.75) is 11.8 Å². The van der Waals surface area contributed by atoms with Crippen LogP contribution >= 0.6 is 0 Å². The number of carbonyl (C=O) groups is 1. The maximum Gasteiger partial charge on any atom is 0.270 e. The van der Waals surface area contributed by atoms with E-state index >= 15 is 0 Å². The second-order valence-corrected chi connectivity index (χ2v) is 7.94. The average Bonchev–Trinajstić information content (AvgIpc) is 2.68. The molecule has 3 aromatic carbocycles. The summed E-state index contributed by atoms with van der Waals surface area (Å²) >= 11 is 0. The predicted molar refractivity (Wildman–Crippen MR) is 109 cm³/mol. The molecule has 3 rings (SSSR count). The molecule has 0 saturated heterocycles. The Morgan fingerprint density at radius 1 is 0.931 bits per heavy atom. The van der Waals surface area contributed by atoms with Crippen LogP contribution in [0.3, 0.4) is 0 Å². The molecular weight excluding hydrogens is 394 g/mol. The molecule has 29 heavy (non-hydrogen) atoms. The number of non-ortho nitro benzene ring substituents is 1. The molecule has 0 aliphatic rings. The summed E-state index contributed by atoms with van der Waals surface area (Å²) in [7, 11) is -3.78. The fourth-order valence-electron chi connectivity index (χ4n) is 2.60. The van der Waals surface area contributed by atoms with Gasteiger partial charge in [-0.25, -0.2) is 8.42 Å². The lowest BCUT2D eigenvalue weighted by molar-refractivity contribution is -0.384. The van der Waals surface area contributed by atoms with Crippen LogP contribution in [0.25, 0.3) is 0 Å². The van der Waals surface area contributed by atoms with Crippen molar-refractivity contribution >= 4 is 33.0 Å². The maximum atomic E-state index is 12.5. The number of anilines is 2. The molecule has 9 heteroatoms. The van der Waals surface area contributed by atoms with E-state index in [-0.39, 0.29) is 16.1 Å². The van der Waals surface area contributed by atoms with Crippen molar-refractivity contribution in [3.8, 4) is 0 Å². The van der Waals surface area contributed by atoms with Crippen molar-refractivity contribution in [2.24, 2.45) is 0 Å². The Hall–Kier alpha value is -3.72. The summed E-state index contributed by atoms with van der Waals surface area (Å²) in [5.41, 5.74) is 1.66. The van der Waals surface area contributed by atoms with Crippen molar-refractivity contribution in [3.63, 3.8) is 0 Å². The fraction of sp³-hybridized carbons (Fsp3) is 0.0500. The number of hydrogen-bond acceptors (Lipinski definition) is 5. The van der Waals surface area contributed by atoms with Gasteiger partial charge >= 0.3 is 0 Å². The van der Waals surface area contributed by atoms with Crippen LogP contribution in [-0.4, -0.2) is 19.2 Å². The SMILES string of the molecule is Cc1cccc(NS(=O)(=O)c2ccc(NC(=O)c3cccc([N+](=O)[O-])c3)cc2)c1. The quantitative estimate of drug-likeness (QED) is 0.470. The van der Waals surface area contributed by atoms with E-state index < -0.39 is 20.9 Å². The molecule has 0 spiro atoms. The molecule has 8 nitrogen and oxygen atoms in total. The summed E-state index contributed by atoms with van der Waals surface area (Å²) < 4.78 is 27.5. The minimum Gasteiger partial charge on any atom is -0.322 e. The Morgan fingerprint density at radius 2 is 1.62 bits per heavy atom. The molecule has 0 bridgehead atoms. The number of nitrogens with one attached hydrogen (secondary N) is 2. The van der Waals surface area contributed by atoms with Crippen LogP contribution in [0.15, 0.2) is 77.7 Å². The topological polar surface area (TPSA) is 118 Å². The highest BCUT2D eigenvalue weighted by molar-refractivity contribution is 7.92. The number of rotatable bonds is 6. The van der Waals surface area contributed by atoms with Crippen molar-refractivity contribution in [2.75, 3.05) is 10.0 Å². The largest absolute Gasteiger partial charge is 0.322 e. The zero-order chi connectivity index (χ0) is 21.0. The lowest BCUT2D eigenvalue weighted by Gasteiger charge is -2.10. The van der Waals surface area contributed by atoms with Crippen LogP contribution in [-0.2, 0) is 10.0 Å². The molecule has 148 valence electrons. The first-order valence-corrected chi connectivity index (χ1v) is 9.98. The molecular formula is C20H17N3O5S. The van der Waals surface area contributed by atoms with Gasteiger partial charge in [-0.05, 0) is 55.0 Å². The highest BCUT2D eigenvalue weighted by atomic mass is 32.2. The van der Waals surface area contributed by atoms with Crippen LogP contribution in [0, 0.1) is 17.0 Å². The predicted octanol–water partition coefficient (Wildman–Crippen LogP) is 3.96. The number of amides is 1. The van der Waals surface area contributed by atoms with Crippen LogP contribution in [0.4, 0.5) is 17.1 Å². The molecule has 0 heterocycles. The van der Waals surface area contributed by atoms with Gasteiger partial charge in [0.05, 0.1) is 9.82 Å². The third-order valence-corrected chi connectivity index (χ3v) is 5.41. The van der Waals surface area contributed by atoms with Gasteiger partial charge in [0.1, 0.15) is 0 Å². The summed E-state index contributed by atoms with van der Waals surface area (Å²) in [5, 5.41) is 13.4. The minimum atomic E-state index is -3.78. The number of hydrogen-bond donors (Lipinski definition) is 2. The first-order valence-electron chi connectivity index (χ1n) is 8.50. The summed E-state index contributed by atoms with van der Waals surface area (Å²) in [6, 6.07) is 17.9. The lowest BCUT2D eigenvalue weighted by atomic mass is 10.2. The molecule has 1 amide bonds. The summed E-state index contributed by atoms with van der Waals surface area (Å²) in [5.74, 6) is -0.540. The first-order chi connectivity index (χ1) is 13.7. The third kappa shape index (κ3) is 4.96. The Kier molecular flexibility index (Phi) is 5.60. The molecule has 2 N–H and O–H groups in total. The Morgan fingerprint density at radius 3 is 2.28 bits per heavy atom. The lowest BCUT2D eigenvalue weighted by Crippen LogP contribution is -2.14. The summed E-state index contributed by atoms with van der Waals surface area (Å²) in [6.45, 7) is 1.86. The van der Waals surface area contributed by atoms with E-state index in [1.807, 2.05) is 13.0 Å². The second kappa shape index (κ2) is 8.11. The first kappa shape index (κ1) is 20.0. The fourth-order valence-corrected chi connectivity index (χ4v) is 3.65. The van der Waals surface area contributed by atoms with Crippen molar-refractivity contribution < 1.29 is 18.1 Å². The molecule has 0 radical (unpaired) electrons. The third-order valence-electron chi connectivity index (χ3n) is 4.01. The van der Waals surface area contributed by atoms with Crippen LogP contribution in [0.1, 0.15) is 15.9 Å². The van der Waals surface area contributed by atoms with E-state index in [0.29, 0.717) is 11.4 Å². The van der Waals surface area contributed by atoms with E-state index in [4.69, 9.17) is 0 Å². The molecule has 0 atom stereocenters. The molecule has 0 saturated carbocycles. The summed E-state index contributed by atoms with van der Waals surface area (Å²) in [6.07, 6.45) is 0. The van der Waals surface area contributed by atoms with E-state index in [0.717, 1.165) is 5.56 Å². The molecule has 0 aliphatic carbocycles. The van der Waals surface area contributed by atoms with E-state index in [1.165, 1.54) is 48.5 Å². The highest BCUT2D eigenvalue weighted by Crippen LogP contribution is 2.20. The monoisotopic (exact) mass is 411 g/mol. The molecule has 0 fully saturated rings.